The maximum Gasteiger partial charge on any atom is 0.262 e. The first kappa shape index (κ1) is 39.7. The number of nitrogens with zero attached hydrogens (tertiary/aromatic N) is 4. The molecule has 4 aromatic carbocycles. The van der Waals surface area contributed by atoms with Gasteiger partial charge in [-0.25, -0.2) is 0 Å². The van der Waals surface area contributed by atoms with Crippen molar-refractivity contribution in [3.63, 3.8) is 0 Å². The van der Waals surface area contributed by atoms with Gasteiger partial charge in [0.15, 0.2) is 0 Å². The van der Waals surface area contributed by atoms with Crippen LogP contribution in [-0.4, -0.2) is 94.0 Å². The molecule has 5 aliphatic rings. The number of aromatic hydroxyl groups is 1. The largest absolute Gasteiger partial charge is 0.508 e. The van der Waals surface area contributed by atoms with Crippen LogP contribution in [0.25, 0.3) is 11.1 Å². The number of allylic oxidation sites excluding steroid dienone is 1. The normalized spacial score (nSPS) is 20.6. The number of imide groups is 2. The number of rotatable bonds is 9. The molecule has 5 aliphatic heterocycles. The average molecular weight is 826 g/mol. The van der Waals surface area contributed by atoms with Crippen molar-refractivity contribution in [2.24, 2.45) is 5.41 Å². The van der Waals surface area contributed by atoms with Gasteiger partial charge in [-0.2, -0.15) is 0 Å². The molecule has 1 atom stereocenters. The van der Waals surface area contributed by atoms with Crippen LogP contribution in [0.2, 0.25) is 0 Å². The van der Waals surface area contributed by atoms with E-state index >= 15 is 0 Å². The molecule has 1 unspecified atom stereocenters. The number of fused-ring (bicyclic) bond motifs is 2. The van der Waals surface area contributed by atoms with Crippen LogP contribution in [-0.2, 0) is 27.5 Å². The molecular formula is C48H48ClN5O6. The number of carbonyl (C=O) groups excluding carboxylic acids is 5. The molecule has 11 nitrogen and oxygen atoms in total. The van der Waals surface area contributed by atoms with E-state index < -0.39 is 29.7 Å². The first-order chi connectivity index (χ1) is 29.1. The fraction of sp³-hybridized carbons (Fsp3) is 0.354. The van der Waals surface area contributed by atoms with Crippen molar-refractivity contribution in [2.75, 3.05) is 43.5 Å². The number of phenolic OH excluding ortho intramolecular Hbond substituents is 1. The molecule has 12 heteroatoms. The van der Waals surface area contributed by atoms with Gasteiger partial charge in [0.2, 0.25) is 17.7 Å². The van der Waals surface area contributed by atoms with Crippen LogP contribution in [0.5, 0.6) is 5.75 Å². The zero-order chi connectivity index (χ0) is 41.5. The molecule has 2 N–H and O–H groups in total. The first-order valence-electron chi connectivity index (χ1n) is 21.0. The van der Waals surface area contributed by atoms with Gasteiger partial charge >= 0.3 is 0 Å². The van der Waals surface area contributed by atoms with E-state index in [1.165, 1.54) is 11.3 Å². The van der Waals surface area contributed by atoms with Gasteiger partial charge in [0, 0.05) is 44.2 Å². The minimum atomic E-state index is -1.01. The van der Waals surface area contributed by atoms with E-state index in [0.717, 1.165) is 90.2 Å². The van der Waals surface area contributed by atoms with Gasteiger partial charge in [-0.15, -0.1) is 11.6 Å². The number of amides is 5. The standard InChI is InChI=1S/C48H48ClN5O6/c49-21-16-38(31-4-2-1-3-5-31)44(33-8-12-37(55)13-9-33)32-6-10-36(11-7-32)52-24-19-48(20-25-52)17-22-51(23-18-48)30-43(57)53-28-34-26-39-40(27-35(34)29-53)47(60)54(46(39)59)41-14-15-42(56)50-45(41)58/h1-13,26-27,41,55H,14-25,28-30H2,(H,50,56,58)/b44-38+. The van der Waals surface area contributed by atoms with Gasteiger partial charge in [0.1, 0.15) is 11.8 Å². The van der Waals surface area contributed by atoms with Crippen molar-refractivity contribution >= 4 is 58.0 Å². The van der Waals surface area contributed by atoms with Crippen LogP contribution in [0.1, 0.15) is 93.5 Å². The van der Waals surface area contributed by atoms with E-state index in [2.05, 4.69) is 51.5 Å². The molecule has 3 saturated heterocycles. The molecule has 5 heterocycles. The SMILES string of the molecule is O=C1CCC(N2C(=O)c3cc4c(cc3C2=O)CN(C(=O)CN2CCC3(CC2)CCN(c2ccc(/C(=C(/CCCl)c5ccccc5)c5ccc(O)cc5)cc2)CC3)C4)C(=O)N1. The summed E-state index contributed by atoms with van der Waals surface area (Å²) >= 11 is 6.37. The fourth-order valence-corrected chi connectivity index (χ4v) is 10.1. The number of carbonyl (C=O) groups is 5. The molecular weight excluding hydrogens is 778 g/mol. The molecule has 60 heavy (non-hydrogen) atoms. The predicted octanol–water partition coefficient (Wildman–Crippen LogP) is 6.61. The third-order valence-corrected chi connectivity index (χ3v) is 13.6. The second-order valence-electron chi connectivity index (χ2n) is 16.9. The molecule has 0 aliphatic carbocycles. The minimum Gasteiger partial charge on any atom is -0.508 e. The van der Waals surface area contributed by atoms with Crippen molar-refractivity contribution < 1.29 is 29.1 Å². The Morgan fingerprint density at radius 3 is 1.92 bits per heavy atom. The van der Waals surface area contributed by atoms with Crippen LogP contribution in [0.3, 0.4) is 0 Å². The van der Waals surface area contributed by atoms with Gasteiger partial charge in [-0.05, 0) is 132 Å². The highest BCUT2D eigenvalue weighted by atomic mass is 35.5. The lowest BCUT2D eigenvalue weighted by Crippen LogP contribution is -2.54. The van der Waals surface area contributed by atoms with Crippen LogP contribution >= 0.6 is 11.6 Å². The summed E-state index contributed by atoms with van der Waals surface area (Å²) in [5, 5.41) is 12.3. The van der Waals surface area contributed by atoms with Crippen molar-refractivity contribution in [1.29, 1.82) is 0 Å². The number of alkyl halides is 1. The number of piperidine rings is 3. The number of hydrogen-bond acceptors (Lipinski definition) is 8. The zero-order valence-electron chi connectivity index (χ0n) is 33.5. The van der Waals surface area contributed by atoms with E-state index in [0.29, 0.717) is 31.9 Å². The second-order valence-corrected chi connectivity index (χ2v) is 17.3. The summed E-state index contributed by atoms with van der Waals surface area (Å²) in [6.45, 7) is 4.76. The number of likely N-dealkylation sites (tertiary alicyclic amines) is 1. The Bertz CT molecular complexity index is 2340. The summed E-state index contributed by atoms with van der Waals surface area (Å²) in [6, 6.07) is 29.0. The van der Waals surface area contributed by atoms with Crippen molar-refractivity contribution in [3.05, 3.63) is 130 Å². The van der Waals surface area contributed by atoms with E-state index in [1.807, 2.05) is 30.3 Å². The summed E-state index contributed by atoms with van der Waals surface area (Å²) < 4.78 is 0. The molecule has 9 rings (SSSR count). The first-order valence-corrected chi connectivity index (χ1v) is 21.5. The van der Waals surface area contributed by atoms with Crippen molar-refractivity contribution in [1.82, 2.24) is 20.0 Å². The highest BCUT2D eigenvalue weighted by molar-refractivity contribution is 6.23. The Kier molecular flexibility index (Phi) is 10.8. The lowest BCUT2D eigenvalue weighted by Gasteiger charge is -2.47. The highest BCUT2D eigenvalue weighted by Gasteiger charge is 2.46. The number of hydrogen-bond donors (Lipinski definition) is 2. The van der Waals surface area contributed by atoms with E-state index in [4.69, 9.17) is 11.6 Å². The summed E-state index contributed by atoms with van der Waals surface area (Å²) in [5.74, 6) is -1.35. The smallest absolute Gasteiger partial charge is 0.262 e. The Morgan fingerprint density at radius 2 is 1.33 bits per heavy atom. The summed E-state index contributed by atoms with van der Waals surface area (Å²) in [7, 11) is 0. The summed E-state index contributed by atoms with van der Waals surface area (Å²) in [6.07, 6.45) is 5.20. The lowest BCUT2D eigenvalue weighted by molar-refractivity contribution is -0.136. The third-order valence-electron chi connectivity index (χ3n) is 13.4. The van der Waals surface area contributed by atoms with Gasteiger partial charge in [-0.3, -0.25) is 39.1 Å². The number of halogens is 1. The van der Waals surface area contributed by atoms with Crippen LogP contribution in [0, 0.1) is 5.41 Å². The molecule has 5 amide bonds. The van der Waals surface area contributed by atoms with Crippen LogP contribution in [0.15, 0.2) is 91.0 Å². The maximum atomic E-state index is 13.6. The molecule has 0 aromatic heterocycles. The summed E-state index contributed by atoms with van der Waals surface area (Å²) in [5.41, 5.74) is 9.19. The Balaban J connectivity index is 0.794. The molecule has 0 saturated carbocycles. The minimum absolute atomic E-state index is 0.0327. The molecule has 4 aromatic rings. The maximum absolute atomic E-state index is 13.6. The average Bonchev–Trinajstić information content (AvgIpc) is 3.79. The molecule has 0 bridgehead atoms. The number of benzene rings is 4. The third kappa shape index (κ3) is 7.60. The van der Waals surface area contributed by atoms with Crippen LogP contribution in [0.4, 0.5) is 5.69 Å². The van der Waals surface area contributed by atoms with Crippen molar-refractivity contribution in [3.8, 4) is 5.75 Å². The lowest BCUT2D eigenvalue weighted by atomic mass is 9.71. The van der Waals surface area contributed by atoms with E-state index in [-0.39, 0.29) is 41.0 Å². The molecule has 0 radical (unpaired) electrons. The van der Waals surface area contributed by atoms with Crippen molar-refractivity contribution in [2.45, 2.75) is 64.1 Å². The zero-order valence-corrected chi connectivity index (χ0v) is 34.3. The Morgan fingerprint density at radius 1 is 0.750 bits per heavy atom. The molecule has 1 spiro atoms. The van der Waals surface area contributed by atoms with Crippen LogP contribution < -0.4 is 10.2 Å². The molecule has 308 valence electrons. The van der Waals surface area contributed by atoms with E-state index in [9.17, 15) is 29.1 Å². The Labute approximate surface area is 354 Å². The Hall–Kier alpha value is -5.78. The molecule has 3 fully saturated rings. The fourth-order valence-electron chi connectivity index (χ4n) is 9.89. The number of anilines is 1. The van der Waals surface area contributed by atoms with E-state index in [1.54, 1.807) is 29.2 Å². The number of phenols is 1. The summed E-state index contributed by atoms with van der Waals surface area (Å²) in [4.78, 5) is 71.9. The van der Waals surface area contributed by atoms with Gasteiger partial charge in [-0.1, -0.05) is 54.6 Å². The predicted molar refractivity (Wildman–Crippen MR) is 229 cm³/mol. The topological polar surface area (TPSA) is 131 Å². The van der Waals surface area contributed by atoms with Gasteiger partial charge in [0.25, 0.3) is 11.8 Å². The van der Waals surface area contributed by atoms with Gasteiger partial charge < -0.3 is 14.9 Å². The highest BCUT2D eigenvalue weighted by Crippen LogP contribution is 2.43. The second kappa shape index (κ2) is 16.3. The quantitative estimate of drug-likeness (QED) is 0.110. The number of nitrogens with one attached hydrogen (secondary N) is 1. The van der Waals surface area contributed by atoms with Gasteiger partial charge in [0.05, 0.1) is 17.7 Å². The monoisotopic (exact) mass is 825 g/mol.